The van der Waals surface area contributed by atoms with Crippen LogP contribution in [0.3, 0.4) is 0 Å². The molecular formula is C21H25N5O4S. The Labute approximate surface area is 183 Å². The average Bonchev–Trinajstić information content (AvgIpc) is 3.32. The molecule has 1 aromatic carbocycles. The molecular weight excluding hydrogens is 418 g/mol. The molecule has 0 radical (unpaired) electrons. The Morgan fingerprint density at radius 2 is 2.03 bits per heavy atom. The van der Waals surface area contributed by atoms with E-state index in [1.54, 1.807) is 16.7 Å². The maximum Gasteiger partial charge on any atom is 0.338 e. The molecule has 0 aliphatic rings. The second kappa shape index (κ2) is 9.71. The Morgan fingerprint density at radius 3 is 2.68 bits per heavy atom. The molecule has 3 N–H and O–H groups in total. The number of hydrogen-bond acceptors (Lipinski definition) is 8. The lowest BCUT2D eigenvalue weighted by Crippen LogP contribution is -2.16. The Hall–Kier alpha value is -3.24. The summed E-state index contributed by atoms with van der Waals surface area (Å²) in [5, 5.41) is 3.72. The maximum absolute atomic E-state index is 13.0. The van der Waals surface area contributed by atoms with Crippen molar-refractivity contribution in [3.05, 3.63) is 45.4 Å². The number of aryl methyl sites for hydroxylation is 2. The number of carbonyl (C=O) groups is 2. The van der Waals surface area contributed by atoms with Crippen molar-refractivity contribution in [3.63, 3.8) is 0 Å². The van der Waals surface area contributed by atoms with Gasteiger partial charge >= 0.3 is 5.97 Å². The normalized spacial score (nSPS) is 11.3. The van der Waals surface area contributed by atoms with Gasteiger partial charge < -0.3 is 19.8 Å². The zero-order valence-corrected chi connectivity index (χ0v) is 18.7. The van der Waals surface area contributed by atoms with Crippen LogP contribution < -0.4 is 15.8 Å². The van der Waals surface area contributed by atoms with Gasteiger partial charge in [0.05, 0.1) is 36.0 Å². The Morgan fingerprint density at radius 1 is 1.26 bits per heavy atom. The van der Waals surface area contributed by atoms with Crippen LogP contribution in [0.5, 0.6) is 5.75 Å². The molecule has 0 saturated carbocycles. The van der Waals surface area contributed by atoms with Gasteiger partial charge in [-0.25, -0.2) is 14.8 Å². The van der Waals surface area contributed by atoms with E-state index < -0.39 is 5.97 Å². The number of anilines is 1. The summed E-state index contributed by atoms with van der Waals surface area (Å²) >= 11 is 1.34. The van der Waals surface area contributed by atoms with Gasteiger partial charge in [0.2, 0.25) is 5.95 Å². The van der Waals surface area contributed by atoms with Crippen molar-refractivity contribution in [2.24, 2.45) is 5.73 Å². The Balaban J connectivity index is 2.12. The van der Waals surface area contributed by atoms with Gasteiger partial charge in [-0.15, -0.1) is 11.3 Å². The third-order valence-electron chi connectivity index (χ3n) is 4.61. The summed E-state index contributed by atoms with van der Waals surface area (Å²) in [7, 11) is 2.82. The first-order valence-corrected chi connectivity index (χ1v) is 10.5. The summed E-state index contributed by atoms with van der Waals surface area (Å²) in [5.74, 6) is -0.0184. The molecule has 1 amide bonds. The number of fused-ring (bicyclic) bond motifs is 1. The van der Waals surface area contributed by atoms with E-state index in [2.05, 4.69) is 15.3 Å². The molecule has 164 valence electrons. The molecule has 0 aliphatic heterocycles. The molecule has 0 fully saturated rings. The van der Waals surface area contributed by atoms with Crippen molar-refractivity contribution in [2.45, 2.75) is 26.8 Å². The number of carbonyl (C=O) groups excluding carboxylic acids is 2. The third-order valence-corrected chi connectivity index (χ3v) is 5.62. The van der Waals surface area contributed by atoms with E-state index in [4.69, 9.17) is 15.2 Å². The lowest BCUT2D eigenvalue weighted by molar-refractivity contribution is 0.0600. The minimum Gasteiger partial charge on any atom is -0.494 e. The van der Waals surface area contributed by atoms with Gasteiger partial charge in [-0.05, 0) is 25.5 Å². The molecule has 3 rings (SSSR count). The molecule has 31 heavy (non-hydrogen) atoms. The van der Waals surface area contributed by atoms with E-state index in [0.717, 1.165) is 10.7 Å². The number of rotatable bonds is 8. The van der Waals surface area contributed by atoms with Crippen LogP contribution in [0.2, 0.25) is 0 Å². The fraction of sp³-hybridized carbons (Fsp3) is 0.333. The fourth-order valence-corrected chi connectivity index (χ4v) is 4.12. The number of esters is 1. The van der Waals surface area contributed by atoms with E-state index in [1.165, 1.54) is 25.6 Å². The van der Waals surface area contributed by atoms with Crippen LogP contribution in [-0.4, -0.2) is 47.2 Å². The number of thiazole rings is 1. The molecule has 0 saturated heterocycles. The Bertz CT molecular complexity index is 1150. The molecule has 3 aromatic rings. The number of methoxy groups -OCH3 is 2. The number of nitrogens with one attached hydrogen (secondary N) is 1. The molecule has 0 atom stereocenters. The van der Waals surface area contributed by atoms with Gasteiger partial charge in [-0.2, -0.15) is 0 Å². The zero-order valence-electron chi connectivity index (χ0n) is 17.9. The number of aromatic nitrogens is 3. The maximum atomic E-state index is 13.0. The first-order valence-electron chi connectivity index (χ1n) is 9.72. The topological polar surface area (TPSA) is 121 Å². The molecule has 0 bridgehead atoms. The first-order chi connectivity index (χ1) is 14.9. The summed E-state index contributed by atoms with van der Waals surface area (Å²) in [6.07, 6.45) is 4.34. The van der Waals surface area contributed by atoms with Crippen molar-refractivity contribution < 1.29 is 19.1 Å². The second-order valence-electron chi connectivity index (χ2n) is 6.61. The van der Waals surface area contributed by atoms with E-state index in [1.807, 2.05) is 26.0 Å². The number of amides is 1. The quantitative estimate of drug-likeness (QED) is 0.405. The number of nitrogens with zero attached hydrogens (tertiary/aromatic N) is 3. The summed E-state index contributed by atoms with van der Waals surface area (Å²) in [5.41, 5.74) is 7.76. The lowest BCUT2D eigenvalue weighted by atomic mass is 10.2. The zero-order chi connectivity index (χ0) is 22.5. The van der Waals surface area contributed by atoms with Crippen LogP contribution in [0.25, 0.3) is 11.0 Å². The van der Waals surface area contributed by atoms with Crippen LogP contribution in [0.1, 0.15) is 37.7 Å². The molecule has 0 aliphatic carbocycles. The number of nitrogens with two attached hydrogens (primary N) is 1. The monoisotopic (exact) mass is 443 g/mol. The minimum absolute atomic E-state index is 0.283. The van der Waals surface area contributed by atoms with Gasteiger partial charge in [0.1, 0.15) is 16.1 Å². The standard InChI is InChI=1S/C21H25N5O4S/c1-5-14-18(31-12(2)23-14)19(27)25-21-24-15-10-13(20(28)30-4)11-16(29-3)17(15)26(21)9-7-6-8-22/h6-7,10-11H,5,8-9,22H2,1-4H3,(H,24,25,27)/b7-6+. The first kappa shape index (κ1) is 22.4. The highest BCUT2D eigenvalue weighted by Gasteiger charge is 2.22. The van der Waals surface area contributed by atoms with Crippen molar-refractivity contribution in [1.82, 2.24) is 14.5 Å². The number of hydrogen-bond donors (Lipinski definition) is 2. The molecule has 9 nitrogen and oxygen atoms in total. The third kappa shape index (κ3) is 4.59. The second-order valence-corrected chi connectivity index (χ2v) is 7.81. The van der Waals surface area contributed by atoms with Crippen LogP contribution in [-0.2, 0) is 17.7 Å². The highest BCUT2D eigenvalue weighted by molar-refractivity contribution is 7.13. The fourth-order valence-electron chi connectivity index (χ4n) is 3.22. The van der Waals surface area contributed by atoms with Crippen LogP contribution in [0.4, 0.5) is 5.95 Å². The molecule has 2 heterocycles. The van der Waals surface area contributed by atoms with Gasteiger partial charge in [-0.3, -0.25) is 10.1 Å². The summed E-state index contributed by atoms with van der Waals surface area (Å²) < 4.78 is 12.1. The van der Waals surface area contributed by atoms with E-state index >= 15 is 0 Å². The highest BCUT2D eigenvalue weighted by Crippen LogP contribution is 2.31. The largest absolute Gasteiger partial charge is 0.494 e. The number of ether oxygens (including phenoxy) is 2. The number of benzene rings is 1. The van der Waals surface area contributed by atoms with Gasteiger partial charge in [0.15, 0.2) is 0 Å². The van der Waals surface area contributed by atoms with E-state index in [9.17, 15) is 9.59 Å². The van der Waals surface area contributed by atoms with Crippen molar-refractivity contribution in [2.75, 3.05) is 26.1 Å². The number of imidazole rings is 1. The van der Waals surface area contributed by atoms with Crippen LogP contribution in [0, 0.1) is 6.92 Å². The lowest BCUT2D eigenvalue weighted by Gasteiger charge is -2.10. The van der Waals surface area contributed by atoms with E-state index in [0.29, 0.717) is 52.7 Å². The van der Waals surface area contributed by atoms with Crippen molar-refractivity contribution in [1.29, 1.82) is 0 Å². The van der Waals surface area contributed by atoms with Crippen LogP contribution in [0.15, 0.2) is 24.3 Å². The van der Waals surface area contributed by atoms with E-state index in [-0.39, 0.29) is 5.91 Å². The average molecular weight is 444 g/mol. The van der Waals surface area contributed by atoms with Gasteiger partial charge in [0, 0.05) is 13.1 Å². The predicted molar refractivity (Wildman–Crippen MR) is 120 cm³/mol. The number of allylic oxidation sites excluding steroid dienone is 1. The predicted octanol–water partition coefficient (Wildman–Crippen LogP) is 2.93. The van der Waals surface area contributed by atoms with Crippen LogP contribution >= 0.6 is 11.3 Å². The molecule has 0 unspecified atom stereocenters. The molecule has 2 aromatic heterocycles. The highest BCUT2D eigenvalue weighted by atomic mass is 32.1. The summed E-state index contributed by atoms with van der Waals surface area (Å²) in [6, 6.07) is 3.20. The minimum atomic E-state index is -0.504. The Kier molecular flexibility index (Phi) is 7.03. The van der Waals surface area contributed by atoms with Gasteiger partial charge in [0.25, 0.3) is 5.91 Å². The summed E-state index contributed by atoms with van der Waals surface area (Å²) in [4.78, 5) is 34.6. The molecule has 10 heteroatoms. The summed E-state index contributed by atoms with van der Waals surface area (Å²) in [6.45, 7) is 4.61. The van der Waals surface area contributed by atoms with Gasteiger partial charge in [-0.1, -0.05) is 19.1 Å². The SMILES string of the molecule is CCc1nc(C)sc1C(=O)Nc1nc2cc(C(=O)OC)cc(OC)c2n1C/C=C/CN. The van der Waals surface area contributed by atoms with Crippen molar-refractivity contribution >= 4 is 40.2 Å². The smallest absolute Gasteiger partial charge is 0.338 e. The van der Waals surface area contributed by atoms with Crippen molar-refractivity contribution in [3.8, 4) is 5.75 Å². The molecule has 0 spiro atoms.